The van der Waals surface area contributed by atoms with Gasteiger partial charge in [0.25, 0.3) is 0 Å². The van der Waals surface area contributed by atoms with E-state index in [0.717, 1.165) is 82.4 Å². The van der Waals surface area contributed by atoms with E-state index in [-0.39, 0.29) is 0 Å². The molecule has 0 aliphatic rings. The zero-order chi connectivity index (χ0) is 36.9. The maximum atomic E-state index is 9.66. The van der Waals surface area contributed by atoms with Crippen molar-refractivity contribution in [2.75, 3.05) is 0 Å². The Morgan fingerprint density at radius 3 is 1.53 bits per heavy atom. The molecular formula is C49H27N5O. The van der Waals surface area contributed by atoms with Gasteiger partial charge >= 0.3 is 0 Å². The highest BCUT2D eigenvalue weighted by molar-refractivity contribution is 6.30. The molecule has 0 aliphatic heterocycles. The molecule has 6 nitrogen and oxygen atoms in total. The fourth-order valence-electron chi connectivity index (χ4n) is 7.51. The minimum absolute atomic E-state index is 0.451. The first-order valence-corrected chi connectivity index (χ1v) is 17.9. The number of aromatic nitrogens is 3. The Kier molecular flexibility index (Phi) is 7.47. The molecule has 2 aromatic heterocycles. The van der Waals surface area contributed by atoms with Crippen LogP contribution in [0.4, 0.5) is 0 Å². The van der Waals surface area contributed by atoms with E-state index >= 15 is 0 Å². The summed E-state index contributed by atoms with van der Waals surface area (Å²) in [5.74, 6) is 1.83. The van der Waals surface area contributed by atoms with E-state index in [4.69, 9.17) is 19.4 Å². The van der Waals surface area contributed by atoms with Gasteiger partial charge in [0.15, 0.2) is 17.5 Å². The first kappa shape index (κ1) is 31.8. The van der Waals surface area contributed by atoms with Gasteiger partial charge in [-0.1, -0.05) is 121 Å². The predicted molar refractivity (Wildman–Crippen MR) is 219 cm³/mol. The summed E-state index contributed by atoms with van der Waals surface area (Å²) in [5, 5.41) is 25.6. The molecule has 10 rings (SSSR count). The van der Waals surface area contributed by atoms with Crippen LogP contribution in [0.1, 0.15) is 11.1 Å². The van der Waals surface area contributed by atoms with E-state index in [9.17, 15) is 10.5 Å². The Labute approximate surface area is 315 Å². The molecule has 0 N–H and O–H groups in total. The molecule has 0 unspecified atom stereocenters. The van der Waals surface area contributed by atoms with E-state index in [1.807, 2.05) is 103 Å². The van der Waals surface area contributed by atoms with Crippen LogP contribution >= 0.6 is 0 Å². The summed E-state index contributed by atoms with van der Waals surface area (Å²) in [6.45, 7) is 0. The second-order valence-corrected chi connectivity index (χ2v) is 13.5. The molecule has 0 atom stereocenters. The van der Waals surface area contributed by atoms with Gasteiger partial charge in [-0.25, -0.2) is 15.0 Å². The van der Waals surface area contributed by atoms with Crippen LogP contribution in [0.3, 0.4) is 0 Å². The highest BCUT2D eigenvalue weighted by atomic mass is 16.3. The van der Waals surface area contributed by atoms with Gasteiger partial charge in [-0.2, -0.15) is 10.5 Å². The van der Waals surface area contributed by atoms with Crippen LogP contribution in [0.25, 0.3) is 99.9 Å². The molecule has 0 fully saturated rings. The molecule has 0 amide bonds. The largest absolute Gasteiger partial charge is 0.455 e. The Balaban J connectivity index is 1.15. The minimum atomic E-state index is 0.451. The number of nitrogens with zero attached hydrogens (tertiary/aromatic N) is 5. The third-order valence-electron chi connectivity index (χ3n) is 10.1. The van der Waals surface area contributed by atoms with Crippen LogP contribution in [0.15, 0.2) is 168 Å². The number of para-hydroxylation sites is 1. The average Bonchev–Trinajstić information content (AvgIpc) is 3.67. The molecule has 8 aromatic carbocycles. The van der Waals surface area contributed by atoms with Gasteiger partial charge in [0.1, 0.15) is 11.2 Å². The standard InChI is InChI=1S/C49H27N5O/c50-28-30-22-31(29-51)24-38(23-30)36-19-20-39-40-21-18-35(27-43(40)46-45(42(39)26-36)41-16-7-8-17-44(41)55-46)34-14-9-15-37(25-34)49-53-47(32-10-3-1-4-11-32)52-48(54-49)33-12-5-2-6-13-33/h1-27H. The van der Waals surface area contributed by atoms with E-state index in [0.29, 0.717) is 28.6 Å². The van der Waals surface area contributed by atoms with Crippen molar-refractivity contribution in [2.45, 2.75) is 0 Å². The number of hydrogen-bond acceptors (Lipinski definition) is 6. The molecule has 55 heavy (non-hydrogen) atoms. The SMILES string of the molecule is N#Cc1cc(C#N)cc(-c2ccc3c4ccc(-c5cccc(-c6nc(-c7ccccc7)nc(-c7ccccc7)n6)c5)cc4c4oc5ccccc5c4c3c2)c1. The van der Waals surface area contributed by atoms with Crippen molar-refractivity contribution in [3.8, 4) is 68.6 Å². The number of fused-ring (bicyclic) bond motifs is 8. The smallest absolute Gasteiger partial charge is 0.164 e. The van der Waals surface area contributed by atoms with Crippen molar-refractivity contribution < 1.29 is 4.42 Å². The molecule has 0 saturated carbocycles. The highest BCUT2D eigenvalue weighted by Crippen LogP contribution is 2.43. The molecule has 0 saturated heterocycles. The van der Waals surface area contributed by atoms with Crippen molar-refractivity contribution in [3.05, 3.63) is 175 Å². The first-order chi connectivity index (χ1) is 27.1. The lowest BCUT2D eigenvalue weighted by Gasteiger charge is -2.12. The molecule has 10 aromatic rings. The Morgan fingerprint density at radius 2 is 0.873 bits per heavy atom. The summed E-state index contributed by atoms with van der Waals surface area (Å²) >= 11 is 0. The van der Waals surface area contributed by atoms with Crippen molar-refractivity contribution in [2.24, 2.45) is 0 Å². The third kappa shape index (κ3) is 5.54. The van der Waals surface area contributed by atoms with E-state index < -0.39 is 0 Å². The molecule has 0 bridgehead atoms. The van der Waals surface area contributed by atoms with Gasteiger partial charge in [0, 0.05) is 32.8 Å². The summed E-state index contributed by atoms with van der Waals surface area (Å²) in [6.07, 6.45) is 0. The summed E-state index contributed by atoms with van der Waals surface area (Å²) in [4.78, 5) is 14.8. The quantitative estimate of drug-likeness (QED) is 0.166. The Hall–Kier alpha value is -7.93. The van der Waals surface area contributed by atoms with Gasteiger partial charge in [0.2, 0.25) is 0 Å². The first-order valence-electron chi connectivity index (χ1n) is 17.9. The van der Waals surface area contributed by atoms with Crippen molar-refractivity contribution in [1.29, 1.82) is 10.5 Å². The van der Waals surface area contributed by atoms with Crippen molar-refractivity contribution in [3.63, 3.8) is 0 Å². The molecule has 254 valence electrons. The van der Waals surface area contributed by atoms with Gasteiger partial charge in [-0.15, -0.1) is 0 Å². The second-order valence-electron chi connectivity index (χ2n) is 13.5. The summed E-state index contributed by atoms with van der Waals surface area (Å²) < 4.78 is 6.67. The van der Waals surface area contributed by atoms with Gasteiger partial charge < -0.3 is 4.42 Å². The Morgan fingerprint density at radius 1 is 0.364 bits per heavy atom. The molecule has 0 radical (unpaired) electrons. The molecule has 0 aliphatic carbocycles. The topological polar surface area (TPSA) is 99.4 Å². The number of hydrogen-bond donors (Lipinski definition) is 0. The van der Waals surface area contributed by atoms with Crippen LogP contribution < -0.4 is 0 Å². The summed E-state index contributed by atoms with van der Waals surface area (Å²) in [7, 11) is 0. The molecule has 6 heteroatoms. The lowest BCUT2D eigenvalue weighted by molar-refractivity contribution is 0.673. The number of nitriles is 2. The maximum absolute atomic E-state index is 9.66. The van der Waals surface area contributed by atoms with Crippen LogP contribution in [0.5, 0.6) is 0 Å². The van der Waals surface area contributed by atoms with E-state index in [1.165, 1.54) is 0 Å². The van der Waals surface area contributed by atoms with E-state index in [1.54, 1.807) is 6.07 Å². The third-order valence-corrected chi connectivity index (χ3v) is 10.1. The molecular weight excluding hydrogens is 675 g/mol. The zero-order valence-electron chi connectivity index (χ0n) is 29.2. The maximum Gasteiger partial charge on any atom is 0.164 e. The van der Waals surface area contributed by atoms with Crippen LogP contribution in [-0.4, -0.2) is 15.0 Å². The lowest BCUT2D eigenvalue weighted by Crippen LogP contribution is -2.00. The van der Waals surface area contributed by atoms with Crippen molar-refractivity contribution >= 4 is 43.5 Å². The number of rotatable bonds is 5. The normalized spacial score (nSPS) is 11.2. The zero-order valence-corrected chi connectivity index (χ0v) is 29.2. The van der Waals surface area contributed by atoms with Gasteiger partial charge in [-0.05, 0) is 80.9 Å². The summed E-state index contributed by atoms with van der Waals surface area (Å²) in [5.41, 5.74) is 9.03. The predicted octanol–water partition coefficient (Wildman–Crippen LogP) is 12.2. The lowest BCUT2D eigenvalue weighted by atomic mass is 9.91. The molecule has 2 heterocycles. The number of benzene rings is 8. The van der Waals surface area contributed by atoms with Crippen molar-refractivity contribution in [1.82, 2.24) is 15.0 Å². The van der Waals surface area contributed by atoms with Crippen LogP contribution in [-0.2, 0) is 0 Å². The van der Waals surface area contributed by atoms with Gasteiger partial charge in [0.05, 0.1) is 23.3 Å². The van der Waals surface area contributed by atoms with Crippen LogP contribution in [0, 0.1) is 22.7 Å². The Bertz CT molecular complexity index is 3140. The minimum Gasteiger partial charge on any atom is -0.455 e. The van der Waals surface area contributed by atoms with Gasteiger partial charge in [-0.3, -0.25) is 0 Å². The highest BCUT2D eigenvalue weighted by Gasteiger charge is 2.18. The van der Waals surface area contributed by atoms with Crippen LogP contribution in [0.2, 0.25) is 0 Å². The number of furan rings is 1. The monoisotopic (exact) mass is 701 g/mol. The fourth-order valence-corrected chi connectivity index (χ4v) is 7.51. The second kappa shape index (κ2) is 12.9. The van der Waals surface area contributed by atoms with E-state index in [2.05, 4.69) is 66.7 Å². The fraction of sp³-hybridized carbons (Fsp3) is 0. The molecule has 0 spiro atoms. The average molecular weight is 702 g/mol. The summed E-state index contributed by atoms with van der Waals surface area (Å²) in [6, 6.07) is 59.0.